The van der Waals surface area contributed by atoms with Crippen molar-refractivity contribution >= 4 is 29.5 Å². The topological polar surface area (TPSA) is 87.0 Å². The minimum Gasteiger partial charge on any atom is -0.355 e. The van der Waals surface area contributed by atoms with Crippen molar-refractivity contribution in [3.63, 3.8) is 0 Å². The number of H-pyrrole nitrogens is 4. The smallest absolute Gasteiger partial charge is 0.0479 e. The van der Waals surface area contributed by atoms with Crippen LogP contribution in [0.15, 0.2) is 61.2 Å². The Morgan fingerprint density at radius 2 is 1.38 bits per heavy atom. The van der Waals surface area contributed by atoms with Gasteiger partial charge in [0.2, 0.25) is 0 Å². The Kier molecular flexibility index (Phi) is 4.06. The SMILES string of the molecule is C=CC1=c2ccc([nH]2)=C(CC=N)c2ccc([nH]2)C=c2ccc([nH]2)=Cc2ccc1[nH]2. The normalized spacial score (nSPS) is 13.0. The van der Waals surface area contributed by atoms with Crippen LogP contribution in [0.2, 0.25) is 0 Å². The van der Waals surface area contributed by atoms with Gasteiger partial charge in [0.25, 0.3) is 0 Å². The molecule has 0 atom stereocenters. The molecule has 29 heavy (non-hydrogen) atoms. The highest BCUT2D eigenvalue weighted by atomic mass is 14.8. The molecule has 8 bridgehead atoms. The molecule has 0 saturated carbocycles. The first-order chi connectivity index (χ1) is 14.2. The first-order valence-corrected chi connectivity index (χ1v) is 9.54. The number of aromatic nitrogens is 4. The van der Waals surface area contributed by atoms with Crippen LogP contribution in [0, 0.1) is 5.41 Å². The molecule has 0 aliphatic carbocycles. The van der Waals surface area contributed by atoms with Gasteiger partial charge in [-0.15, -0.1) is 0 Å². The molecular formula is C24H21N5. The average Bonchev–Trinajstić information content (AvgIpc) is 3.50. The van der Waals surface area contributed by atoms with E-state index >= 15 is 0 Å². The second kappa shape index (κ2) is 6.87. The van der Waals surface area contributed by atoms with Crippen LogP contribution in [0.1, 0.15) is 29.2 Å². The first-order valence-electron chi connectivity index (χ1n) is 9.54. The Balaban J connectivity index is 1.87. The van der Waals surface area contributed by atoms with Gasteiger partial charge in [0.15, 0.2) is 0 Å². The molecule has 5 N–H and O–H groups in total. The first kappa shape index (κ1) is 17.1. The van der Waals surface area contributed by atoms with E-state index in [-0.39, 0.29) is 0 Å². The molecule has 0 saturated heterocycles. The van der Waals surface area contributed by atoms with Gasteiger partial charge >= 0.3 is 0 Å². The molecule has 0 unspecified atom stereocenters. The fraction of sp³-hybridized carbons (Fsp3) is 0.0417. The molecule has 0 radical (unpaired) electrons. The zero-order valence-electron chi connectivity index (χ0n) is 15.8. The number of rotatable bonds is 3. The third-order valence-corrected chi connectivity index (χ3v) is 5.20. The zero-order valence-corrected chi connectivity index (χ0v) is 15.8. The van der Waals surface area contributed by atoms with E-state index in [2.05, 4.69) is 87.2 Å². The highest BCUT2D eigenvalue weighted by Crippen LogP contribution is 2.15. The van der Waals surface area contributed by atoms with Gasteiger partial charge < -0.3 is 25.3 Å². The van der Waals surface area contributed by atoms with Gasteiger partial charge in [-0.05, 0) is 66.9 Å². The van der Waals surface area contributed by atoms with E-state index in [0.717, 1.165) is 55.3 Å². The van der Waals surface area contributed by atoms with Gasteiger partial charge in [0.1, 0.15) is 0 Å². The predicted molar refractivity (Wildman–Crippen MR) is 117 cm³/mol. The summed E-state index contributed by atoms with van der Waals surface area (Å²) in [5.41, 5.74) is 6.08. The monoisotopic (exact) mass is 379 g/mol. The van der Waals surface area contributed by atoms with Crippen LogP contribution in [-0.2, 0) is 0 Å². The summed E-state index contributed by atoms with van der Waals surface area (Å²) in [6.45, 7) is 4.01. The second-order valence-corrected chi connectivity index (χ2v) is 7.10. The fourth-order valence-electron chi connectivity index (χ4n) is 3.82. The van der Waals surface area contributed by atoms with E-state index in [1.807, 2.05) is 6.08 Å². The molecule has 5 rings (SSSR count). The lowest BCUT2D eigenvalue weighted by atomic mass is 10.1. The third-order valence-electron chi connectivity index (χ3n) is 5.20. The molecule has 0 fully saturated rings. The molecular weight excluding hydrogens is 358 g/mol. The lowest BCUT2D eigenvalue weighted by molar-refractivity contribution is 1.19. The van der Waals surface area contributed by atoms with Gasteiger partial charge in [0, 0.05) is 61.7 Å². The zero-order chi connectivity index (χ0) is 19.8. The number of hydrogen-bond acceptors (Lipinski definition) is 1. The maximum atomic E-state index is 7.65. The van der Waals surface area contributed by atoms with Crippen LogP contribution in [0.5, 0.6) is 0 Å². The highest BCUT2D eigenvalue weighted by Gasteiger charge is 2.08. The quantitative estimate of drug-likeness (QED) is 0.335. The van der Waals surface area contributed by atoms with Crippen LogP contribution >= 0.6 is 0 Å². The van der Waals surface area contributed by atoms with E-state index in [1.54, 1.807) is 0 Å². The number of nitrogens with one attached hydrogen (secondary N) is 5. The molecule has 1 aliphatic rings. The Labute approximate surface area is 167 Å². The summed E-state index contributed by atoms with van der Waals surface area (Å²) in [7, 11) is 0. The number of hydrogen-bond donors (Lipinski definition) is 5. The highest BCUT2D eigenvalue weighted by molar-refractivity contribution is 5.77. The summed E-state index contributed by atoms with van der Waals surface area (Å²) in [4.78, 5) is 13.9. The number of fused-ring (bicyclic) bond motifs is 8. The van der Waals surface area contributed by atoms with Crippen LogP contribution in [0.3, 0.4) is 0 Å². The van der Waals surface area contributed by atoms with Crippen LogP contribution in [0.25, 0.3) is 23.3 Å². The van der Waals surface area contributed by atoms with Gasteiger partial charge in [-0.1, -0.05) is 12.7 Å². The van der Waals surface area contributed by atoms with Crippen molar-refractivity contribution in [1.29, 1.82) is 5.41 Å². The van der Waals surface area contributed by atoms with Crippen molar-refractivity contribution in [3.8, 4) is 0 Å². The lowest BCUT2D eigenvalue weighted by Gasteiger charge is -2.01. The summed E-state index contributed by atoms with van der Waals surface area (Å²) in [6.07, 6.45) is 8.00. The average molecular weight is 379 g/mol. The van der Waals surface area contributed by atoms with Crippen molar-refractivity contribution in [2.75, 3.05) is 0 Å². The van der Waals surface area contributed by atoms with Crippen LogP contribution in [-0.4, -0.2) is 26.2 Å². The van der Waals surface area contributed by atoms with Crippen LogP contribution < -0.4 is 21.4 Å². The van der Waals surface area contributed by atoms with Crippen molar-refractivity contribution in [3.05, 3.63) is 105 Å². The molecule has 1 aliphatic heterocycles. The summed E-state index contributed by atoms with van der Waals surface area (Å²) in [5, 5.41) is 11.7. The molecule has 5 heteroatoms. The summed E-state index contributed by atoms with van der Waals surface area (Å²) in [5.74, 6) is 0. The fourth-order valence-corrected chi connectivity index (χ4v) is 3.82. The predicted octanol–water partition coefficient (Wildman–Crippen LogP) is 1.59. The Hall–Kier alpha value is -3.99. The molecule has 5 nitrogen and oxygen atoms in total. The van der Waals surface area contributed by atoms with E-state index in [9.17, 15) is 0 Å². The Morgan fingerprint density at radius 3 is 2.07 bits per heavy atom. The molecule has 142 valence electrons. The summed E-state index contributed by atoms with van der Waals surface area (Å²) in [6, 6.07) is 16.5. The summed E-state index contributed by atoms with van der Waals surface area (Å²) < 4.78 is 0. The summed E-state index contributed by atoms with van der Waals surface area (Å²) >= 11 is 0. The molecule has 5 heterocycles. The van der Waals surface area contributed by atoms with Crippen LogP contribution in [0.4, 0.5) is 0 Å². The maximum Gasteiger partial charge on any atom is 0.0479 e. The third kappa shape index (κ3) is 3.12. The van der Waals surface area contributed by atoms with E-state index < -0.39 is 0 Å². The van der Waals surface area contributed by atoms with Gasteiger partial charge in [-0.3, -0.25) is 0 Å². The minimum atomic E-state index is 0.539. The minimum absolute atomic E-state index is 0.539. The van der Waals surface area contributed by atoms with Gasteiger partial charge in [-0.2, -0.15) is 0 Å². The van der Waals surface area contributed by atoms with Gasteiger partial charge in [-0.25, -0.2) is 0 Å². The van der Waals surface area contributed by atoms with Crippen molar-refractivity contribution in [1.82, 2.24) is 19.9 Å². The lowest BCUT2D eigenvalue weighted by Crippen LogP contribution is -2.16. The van der Waals surface area contributed by atoms with E-state index in [0.29, 0.717) is 6.42 Å². The standard InChI is InChI=1S/C24H21N5/c1-2-19-21-7-5-17(27-21)13-15-3-4-16(26-15)14-18-6-8-23(28-18)20(11-12-25)24-10-9-22(19)29-24/h2-10,12-14,25-29H,1,11H2. The number of allylic oxidation sites excluding steroid dienone is 1. The van der Waals surface area contributed by atoms with Crippen molar-refractivity contribution in [2.24, 2.45) is 0 Å². The van der Waals surface area contributed by atoms with E-state index in [4.69, 9.17) is 5.41 Å². The molecule has 0 amide bonds. The molecule has 0 aromatic carbocycles. The second-order valence-electron chi connectivity index (χ2n) is 7.10. The Morgan fingerprint density at radius 1 is 0.724 bits per heavy atom. The molecule has 4 aromatic rings. The number of aromatic amines is 4. The largest absolute Gasteiger partial charge is 0.355 e. The maximum absolute atomic E-state index is 7.65. The van der Waals surface area contributed by atoms with E-state index in [1.165, 1.54) is 6.21 Å². The van der Waals surface area contributed by atoms with Crippen molar-refractivity contribution < 1.29 is 0 Å². The Bertz CT molecular complexity index is 1470. The molecule has 4 aromatic heterocycles. The molecule has 0 spiro atoms. The van der Waals surface area contributed by atoms with Gasteiger partial charge in [0.05, 0.1) is 0 Å². The van der Waals surface area contributed by atoms with Crippen molar-refractivity contribution in [2.45, 2.75) is 6.42 Å².